The largest absolute Gasteiger partial charge is 0.490 e. The van der Waals surface area contributed by atoms with Gasteiger partial charge < -0.3 is 10.5 Å². The molecule has 18 heavy (non-hydrogen) atoms. The number of benzene rings is 1. The molecular weight excluding hydrogens is 224 g/mol. The Morgan fingerprint density at radius 2 is 2.06 bits per heavy atom. The molecule has 98 valence electrons. The predicted octanol–water partition coefficient (Wildman–Crippen LogP) is 2.18. The van der Waals surface area contributed by atoms with Crippen LogP contribution in [-0.2, 0) is 6.54 Å². The lowest BCUT2D eigenvalue weighted by Gasteiger charge is -2.15. The van der Waals surface area contributed by atoms with Crippen LogP contribution in [-0.4, -0.2) is 31.1 Å². The summed E-state index contributed by atoms with van der Waals surface area (Å²) < 4.78 is 5.65. The lowest BCUT2D eigenvalue weighted by atomic mass is 10.2. The average molecular weight is 246 g/mol. The van der Waals surface area contributed by atoms with Crippen LogP contribution in [0.2, 0.25) is 0 Å². The lowest BCUT2D eigenvalue weighted by molar-refractivity contribution is 0.328. The van der Waals surface area contributed by atoms with Gasteiger partial charge in [0.1, 0.15) is 12.4 Å². The third-order valence-electron chi connectivity index (χ3n) is 3.15. The minimum Gasteiger partial charge on any atom is -0.490 e. The van der Waals surface area contributed by atoms with E-state index in [4.69, 9.17) is 10.5 Å². The maximum atomic E-state index is 5.65. The van der Waals surface area contributed by atoms with Crippen molar-refractivity contribution in [2.24, 2.45) is 5.73 Å². The van der Waals surface area contributed by atoms with Gasteiger partial charge in [0.25, 0.3) is 0 Å². The highest BCUT2D eigenvalue weighted by molar-refractivity contribution is 5.28. The minimum atomic E-state index is 0.568. The van der Waals surface area contributed by atoms with Gasteiger partial charge in [-0.3, -0.25) is 4.90 Å². The SMILES string of the molecule is NC/C=C/COc1cccc(CN2CCCC2)c1. The number of ether oxygens (including phenoxy) is 1. The molecule has 3 nitrogen and oxygen atoms in total. The molecule has 0 aliphatic carbocycles. The van der Waals surface area contributed by atoms with Gasteiger partial charge in [0.15, 0.2) is 0 Å². The van der Waals surface area contributed by atoms with Crippen molar-refractivity contribution in [3.63, 3.8) is 0 Å². The second-order valence-electron chi connectivity index (χ2n) is 4.65. The number of rotatable bonds is 6. The molecule has 2 N–H and O–H groups in total. The third kappa shape index (κ3) is 4.17. The first-order valence-electron chi connectivity index (χ1n) is 6.67. The quantitative estimate of drug-likeness (QED) is 0.782. The Kier molecular flexibility index (Phi) is 5.24. The molecule has 0 saturated carbocycles. The van der Waals surface area contributed by atoms with Crippen molar-refractivity contribution in [2.45, 2.75) is 19.4 Å². The lowest BCUT2D eigenvalue weighted by Crippen LogP contribution is -2.18. The molecule has 1 aliphatic heterocycles. The molecule has 0 amide bonds. The highest BCUT2D eigenvalue weighted by Gasteiger charge is 2.11. The van der Waals surface area contributed by atoms with E-state index in [2.05, 4.69) is 23.1 Å². The summed E-state index contributed by atoms with van der Waals surface area (Å²) in [6.07, 6.45) is 6.53. The summed E-state index contributed by atoms with van der Waals surface area (Å²) in [5.41, 5.74) is 6.71. The van der Waals surface area contributed by atoms with Crippen LogP contribution >= 0.6 is 0 Å². The summed E-state index contributed by atoms with van der Waals surface area (Å²) >= 11 is 0. The van der Waals surface area contributed by atoms with Crippen molar-refractivity contribution in [3.05, 3.63) is 42.0 Å². The van der Waals surface area contributed by atoms with Gasteiger partial charge in [0, 0.05) is 13.1 Å². The molecule has 0 radical (unpaired) electrons. The summed E-state index contributed by atoms with van der Waals surface area (Å²) in [4.78, 5) is 2.49. The van der Waals surface area contributed by atoms with Crippen molar-refractivity contribution in [3.8, 4) is 5.75 Å². The van der Waals surface area contributed by atoms with E-state index < -0.39 is 0 Å². The first-order valence-corrected chi connectivity index (χ1v) is 6.67. The van der Waals surface area contributed by atoms with Crippen molar-refractivity contribution in [2.75, 3.05) is 26.2 Å². The van der Waals surface area contributed by atoms with Crippen LogP contribution in [0.3, 0.4) is 0 Å². The van der Waals surface area contributed by atoms with E-state index in [9.17, 15) is 0 Å². The van der Waals surface area contributed by atoms with Gasteiger partial charge in [-0.15, -0.1) is 0 Å². The highest BCUT2D eigenvalue weighted by Crippen LogP contribution is 2.17. The van der Waals surface area contributed by atoms with Gasteiger partial charge in [-0.05, 0) is 43.6 Å². The Morgan fingerprint density at radius 1 is 1.22 bits per heavy atom. The zero-order chi connectivity index (χ0) is 12.6. The van der Waals surface area contributed by atoms with E-state index in [0.717, 1.165) is 12.3 Å². The van der Waals surface area contributed by atoms with Gasteiger partial charge in [0.05, 0.1) is 0 Å². The Morgan fingerprint density at radius 3 is 2.83 bits per heavy atom. The number of nitrogens with two attached hydrogens (primary N) is 1. The molecule has 1 fully saturated rings. The summed E-state index contributed by atoms with van der Waals surface area (Å²) in [6, 6.07) is 8.37. The van der Waals surface area contributed by atoms with Crippen LogP contribution in [0, 0.1) is 0 Å². The second-order valence-corrected chi connectivity index (χ2v) is 4.65. The number of hydrogen-bond donors (Lipinski definition) is 1. The molecule has 1 aromatic carbocycles. The van der Waals surface area contributed by atoms with E-state index in [1.165, 1.54) is 31.5 Å². The molecule has 0 atom stereocenters. The molecule has 0 unspecified atom stereocenters. The molecule has 0 bridgehead atoms. The third-order valence-corrected chi connectivity index (χ3v) is 3.15. The zero-order valence-corrected chi connectivity index (χ0v) is 10.8. The van der Waals surface area contributed by atoms with Crippen LogP contribution in [0.25, 0.3) is 0 Å². The fourth-order valence-corrected chi connectivity index (χ4v) is 2.24. The zero-order valence-electron chi connectivity index (χ0n) is 10.8. The van der Waals surface area contributed by atoms with Crippen LogP contribution in [0.5, 0.6) is 5.75 Å². The maximum Gasteiger partial charge on any atom is 0.120 e. The average Bonchev–Trinajstić information content (AvgIpc) is 2.88. The minimum absolute atomic E-state index is 0.568. The Bertz CT molecular complexity index is 384. The Labute approximate surface area is 109 Å². The van der Waals surface area contributed by atoms with Crippen LogP contribution in [0.4, 0.5) is 0 Å². The van der Waals surface area contributed by atoms with E-state index in [-0.39, 0.29) is 0 Å². The molecule has 0 aromatic heterocycles. The van der Waals surface area contributed by atoms with Crippen molar-refractivity contribution >= 4 is 0 Å². The molecule has 3 heteroatoms. The Hall–Kier alpha value is -1.32. The number of nitrogens with zero attached hydrogens (tertiary/aromatic N) is 1. The molecule has 1 heterocycles. The van der Waals surface area contributed by atoms with Gasteiger partial charge >= 0.3 is 0 Å². The van der Waals surface area contributed by atoms with Crippen molar-refractivity contribution in [1.29, 1.82) is 0 Å². The predicted molar refractivity (Wildman–Crippen MR) is 74.6 cm³/mol. The fourth-order valence-electron chi connectivity index (χ4n) is 2.24. The number of hydrogen-bond acceptors (Lipinski definition) is 3. The molecule has 1 aromatic rings. The van der Waals surface area contributed by atoms with Crippen LogP contribution in [0.15, 0.2) is 36.4 Å². The molecule has 1 saturated heterocycles. The summed E-state index contributed by atoms with van der Waals surface area (Å²) in [7, 11) is 0. The normalized spacial score (nSPS) is 16.5. The van der Waals surface area contributed by atoms with Gasteiger partial charge in [-0.25, -0.2) is 0 Å². The first kappa shape index (κ1) is 13.1. The molecular formula is C15H22N2O. The molecule has 1 aliphatic rings. The van der Waals surface area contributed by atoms with Crippen LogP contribution < -0.4 is 10.5 Å². The number of likely N-dealkylation sites (tertiary alicyclic amines) is 1. The van der Waals surface area contributed by atoms with E-state index >= 15 is 0 Å². The summed E-state index contributed by atoms with van der Waals surface area (Å²) in [6.45, 7) is 4.65. The smallest absolute Gasteiger partial charge is 0.120 e. The van der Waals surface area contributed by atoms with Crippen LogP contribution in [0.1, 0.15) is 18.4 Å². The molecule has 2 rings (SSSR count). The Balaban J connectivity index is 1.86. The maximum absolute atomic E-state index is 5.65. The fraction of sp³-hybridized carbons (Fsp3) is 0.467. The van der Waals surface area contributed by atoms with E-state index in [1.54, 1.807) is 0 Å². The monoisotopic (exact) mass is 246 g/mol. The standard InChI is InChI=1S/C15H22N2O/c16-8-1-4-11-18-15-7-5-6-14(12-15)13-17-9-2-3-10-17/h1,4-7,12H,2-3,8-11,13,16H2/b4-1+. The van der Waals surface area contributed by atoms with Gasteiger partial charge in [-0.2, -0.15) is 0 Å². The van der Waals surface area contributed by atoms with Crippen molar-refractivity contribution in [1.82, 2.24) is 4.90 Å². The molecule has 0 spiro atoms. The van der Waals surface area contributed by atoms with E-state index in [1.807, 2.05) is 18.2 Å². The van der Waals surface area contributed by atoms with Crippen molar-refractivity contribution < 1.29 is 4.74 Å². The van der Waals surface area contributed by atoms with E-state index in [0.29, 0.717) is 13.2 Å². The summed E-state index contributed by atoms with van der Waals surface area (Å²) in [5, 5.41) is 0. The summed E-state index contributed by atoms with van der Waals surface area (Å²) in [5.74, 6) is 0.938. The second kappa shape index (κ2) is 7.19. The van der Waals surface area contributed by atoms with Gasteiger partial charge in [0.2, 0.25) is 0 Å². The topological polar surface area (TPSA) is 38.5 Å². The van der Waals surface area contributed by atoms with Gasteiger partial charge in [-0.1, -0.05) is 24.3 Å². The highest BCUT2D eigenvalue weighted by atomic mass is 16.5. The first-order chi connectivity index (χ1) is 8.88.